The summed E-state index contributed by atoms with van der Waals surface area (Å²) in [6.07, 6.45) is 5.31. The minimum Gasteiger partial charge on any atom is -0.344 e. The van der Waals surface area contributed by atoms with Crippen LogP contribution in [-0.2, 0) is 4.79 Å². The molecular formula is C13H22N2O. The van der Waals surface area contributed by atoms with Gasteiger partial charge in [0.1, 0.15) is 0 Å². The average Bonchev–Trinajstić information content (AvgIpc) is 2.77. The third kappa shape index (κ3) is 2.55. The maximum absolute atomic E-state index is 12.4. The number of nitrogens with zero attached hydrogens (tertiary/aromatic N) is 2. The quantitative estimate of drug-likeness (QED) is 0.733. The Morgan fingerprint density at radius 3 is 2.50 bits per heavy atom. The predicted molar refractivity (Wildman–Crippen MR) is 63.6 cm³/mol. The summed E-state index contributed by atoms with van der Waals surface area (Å²) in [5, 5.41) is 8.76. The molecule has 1 amide bonds. The zero-order valence-electron chi connectivity index (χ0n) is 10.6. The van der Waals surface area contributed by atoms with Gasteiger partial charge in [0.2, 0.25) is 5.91 Å². The lowest BCUT2D eigenvalue weighted by Gasteiger charge is -2.31. The Morgan fingerprint density at radius 1 is 1.50 bits per heavy atom. The van der Waals surface area contributed by atoms with E-state index in [1.54, 1.807) is 4.90 Å². The maximum Gasteiger partial charge on any atom is 0.228 e. The van der Waals surface area contributed by atoms with Crippen LogP contribution in [0.2, 0.25) is 0 Å². The third-order valence-corrected chi connectivity index (χ3v) is 3.81. The van der Waals surface area contributed by atoms with Gasteiger partial charge in [-0.25, -0.2) is 0 Å². The summed E-state index contributed by atoms with van der Waals surface area (Å²) in [7, 11) is 1.83. The van der Waals surface area contributed by atoms with E-state index in [0.717, 1.165) is 19.3 Å². The number of carbonyl (C=O) groups is 1. The molecule has 0 saturated heterocycles. The molecule has 3 heteroatoms. The minimum atomic E-state index is -0.121. The lowest BCUT2D eigenvalue weighted by molar-refractivity contribution is -0.141. The van der Waals surface area contributed by atoms with Crippen molar-refractivity contribution in [1.29, 1.82) is 5.26 Å². The molecule has 16 heavy (non-hydrogen) atoms. The molecule has 0 N–H and O–H groups in total. The Bertz CT molecular complexity index is 287. The molecule has 1 unspecified atom stereocenters. The fraction of sp³-hybridized carbons (Fsp3) is 0.846. The number of carbonyl (C=O) groups excluding carboxylic acids is 1. The van der Waals surface area contributed by atoms with Gasteiger partial charge in [-0.1, -0.05) is 19.8 Å². The zero-order chi connectivity index (χ0) is 12.2. The monoisotopic (exact) mass is 222 g/mol. The van der Waals surface area contributed by atoms with Gasteiger partial charge in [-0.05, 0) is 26.2 Å². The molecule has 1 atom stereocenters. The lowest BCUT2D eigenvalue weighted by atomic mass is 9.82. The summed E-state index contributed by atoms with van der Waals surface area (Å²) in [6, 6.07) is 2.18. The third-order valence-electron chi connectivity index (χ3n) is 3.81. The van der Waals surface area contributed by atoms with Crippen LogP contribution in [0.1, 0.15) is 46.0 Å². The highest BCUT2D eigenvalue weighted by Crippen LogP contribution is 2.42. The molecule has 1 fully saturated rings. The summed E-state index contributed by atoms with van der Waals surface area (Å²) in [4.78, 5) is 14.1. The molecule has 3 nitrogen and oxygen atoms in total. The Balaban J connectivity index is 2.65. The lowest BCUT2D eigenvalue weighted by Crippen LogP contribution is -2.41. The summed E-state index contributed by atoms with van der Waals surface area (Å²) in [5.74, 6) is 0.166. The Kier molecular flexibility index (Phi) is 4.35. The van der Waals surface area contributed by atoms with Crippen molar-refractivity contribution in [3.63, 3.8) is 0 Å². The van der Waals surface area contributed by atoms with Gasteiger partial charge in [0, 0.05) is 19.0 Å². The molecule has 0 bridgehead atoms. The van der Waals surface area contributed by atoms with Crippen LogP contribution in [0.5, 0.6) is 0 Å². The number of amides is 1. The fourth-order valence-electron chi connectivity index (χ4n) is 2.71. The van der Waals surface area contributed by atoms with Gasteiger partial charge in [-0.2, -0.15) is 5.26 Å². The molecule has 1 rings (SSSR count). The summed E-state index contributed by atoms with van der Waals surface area (Å²) < 4.78 is 0. The van der Waals surface area contributed by atoms with Crippen molar-refractivity contribution in [3.8, 4) is 6.07 Å². The number of hydrogen-bond acceptors (Lipinski definition) is 2. The van der Waals surface area contributed by atoms with E-state index < -0.39 is 0 Å². The van der Waals surface area contributed by atoms with Crippen molar-refractivity contribution in [3.05, 3.63) is 0 Å². The van der Waals surface area contributed by atoms with Crippen molar-refractivity contribution < 1.29 is 4.79 Å². The van der Waals surface area contributed by atoms with Gasteiger partial charge < -0.3 is 4.90 Å². The molecule has 1 saturated carbocycles. The van der Waals surface area contributed by atoms with Gasteiger partial charge in [0.05, 0.1) is 12.0 Å². The second-order valence-corrected chi connectivity index (χ2v) is 5.06. The summed E-state index contributed by atoms with van der Waals surface area (Å²) in [6.45, 7) is 4.51. The molecule has 0 radical (unpaired) electrons. The van der Waals surface area contributed by atoms with Gasteiger partial charge in [0.15, 0.2) is 0 Å². The highest BCUT2D eigenvalue weighted by atomic mass is 16.2. The summed E-state index contributed by atoms with van der Waals surface area (Å²) >= 11 is 0. The van der Waals surface area contributed by atoms with E-state index in [9.17, 15) is 4.79 Å². The topological polar surface area (TPSA) is 44.1 Å². The molecule has 0 aromatic heterocycles. The normalized spacial score (nSPS) is 20.1. The van der Waals surface area contributed by atoms with Gasteiger partial charge in [-0.3, -0.25) is 4.79 Å². The van der Waals surface area contributed by atoms with Gasteiger partial charge in [-0.15, -0.1) is 0 Å². The highest BCUT2D eigenvalue weighted by Gasteiger charge is 2.40. The van der Waals surface area contributed by atoms with Crippen LogP contribution < -0.4 is 0 Å². The minimum absolute atomic E-state index is 0.0794. The molecular weight excluding hydrogens is 200 g/mol. The van der Waals surface area contributed by atoms with E-state index in [1.165, 1.54) is 12.8 Å². The standard InChI is InChI=1S/C13H22N2O/c1-4-13(7-5-6-8-13)12(16)15(3)10-11(2)9-14/h11H,4-8,10H2,1-3H3. The molecule has 1 aliphatic carbocycles. The van der Waals surface area contributed by atoms with Crippen LogP contribution in [0.4, 0.5) is 0 Å². The molecule has 90 valence electrons. The maximum atomic E-state index is 12.4. The van der Waals surface area contributed by atoms with Crippen molar-refractivity contribution in [2.45, 2.75) is 46.0 Å². The Morgan fingerprint density at radius 2 is 2.06 bits per heavy atom. The van der Waals surface area contributed by atoms with E-state index in [2.05, 4.69) is 13.0 Å². The van der Waals surface area contributed by atoms with Crippen LogP contribution in [0, 0.1) is 22.7 Å². The first-order valence-corrected chi connectivity index (χ1v) is 6.21. The number of hydrogen-bond donors (Lipinski definition) is 0. The van der Waals surface area contributed by atoms with E-state index in [0.29, 0.717) is 6.54 Å². The van der Waals surface area contributed by atoms with Crippen molar-refractivity contribution in [2.24, 2.45) is 11.3 Å². The molecule has 0 aromatic rings. The molecule has 0 aliphatic heterocycles. The smallest absolute Gasteiger partial charge is 0.228 e. The summed E-state index contributed by atoms with van der Waals surface area (Å²) in [5.41, 5.74) is -0.121. The van der Waals surface area contributed by atoms with Crippen LogP contribution >= 0.6 is 0 Å². The van der Waals surface area contributed by atoms with Crippen molar-refractivity contribution in [1.82, 2.24) is 4.90 Å². The highest BCUT2D eigenvalue weighted by molar-refractivity contribution is 5.82. The first kappa shape index (κ1) is 13.0. The van der Waals surface area contributed by atoms with E-state index in [4.69, 9.17) is 5.26 Å². The largest absolute Gasteiger partial charge is 0.344 e. The number of nitriles is 1. The van der Waals surface area contributed by atoms with E-state index in [1.807, 2.05) is 14.0 Å². The molecule has 0 aromatic carbocycles. The van der Waals surface area contributed by atoms with Gasteiger partial charge >= 0.3 is 0 Å². The first-order chi connectivity index (χ1) is 7.55. The van der Waals surface area contributed by atoms with Crippen LogP contribution in [0.3, 0.4) is 0 Å². The van der Waals surface area contributed by atoms with Crippen LogP contribution in [0.25, 0.3) is 0 Å². The molecule has 0 spiro atoms. The zero-order valence-corrected chi connectivity index (χ0v) is 10.6. The van der Waals surface area contributed by atoms with Crippen LogP contribution in [-0.4, -0.2) is 24.4 Å². The number of rotatable bonds is 4. The first-order valence-electron chi connectivity index (χ1n) is 6.21. The van der Waals surface area contributed by atoms with Crippen LogP contribution in [0.15, 0.2) is 0 Å². The van der Waals surface area contributed by atoms with Crippen molar-refractivity contribution in [2.75, 3.05) is 13.6 Å². The SMILES string of the molecule is CCC1(C(=O)N(C)CC(C)C#N)CCCC1. The van der Waals surface area contributed by atoms with Crippen molar-refractivity contribution >= 4 is 5.91 Å². The van der Waals surface area contributed by atoms with E-state index in [-0.39, 0.29) is 17.2 Å². The second-order valence-electron chi connectivity index (χ2n) is 5.06. The predicted octanol–water partition coefficient (Wildman–Crippen LogP) is 2.57. The average molecular weight is 222 g/mol. The Hall–Kier alpha value is -1.04. The Labute approximate surface area is 98.4 Å². The van der Waals surface area contributed by atoms with Gasteiger partial charge in [0.25, 0.3) is 0 Å². The molecule has 0 heterocycles. The second kappa shape index (κ2) is 5.34. The van der Waals surface area contributed by atoms with E-state index >= 15 is 0 Å². The fourth-order valence-corrected chi connectivity index (χ4v) is 2.71. The molecule has 1 aliphatic rings.